The number of carbonyl (C=O) groups is 1. The van der Waals surface area contributed by atoms with Crippen LogP contribution in [0.15, 0.2) is 18.2 Å². The van der Waals surface area contributed by atoms with E-state index in [0.29, 0.717) is 12.2 Å². The maximum Gasteiger partial charge on any atom is 0.157 e. The first kappa shape index (κ1) is 16.2. The van der Waals surface area contributed by atoms with Gasteiger partial charge in [0, 0.05) is 6.42 Å². The fourth-order valence-electron chi connectivity index (χ4n) is 3.74. The molecule has 1 fully saturated rings. The summed E-state index contributed by atoms with van der Waals surface area (Å²) in [5.41, 5.74) is 3.47. The van der Waals surface area contributed by atoms with E-state index >= 15 is 0 Å². The summed E-state index contributed by atoms with van der Waals surface area (Å²) >= 11 is 0. The van der Waals surface area contributed by atoms with Crippen molar-refractivity contribution in [3.8, 4) is 0 Å². The van der Waals surface area contributed by atoms with Crippen LogP contribution in [0.2, 0.25) is 0 Å². The van der Waals surface area contributed by atoms with Gasteiger partial charge in [0.15, 0.2) is 5.78 Å². The summed E-state index contributed by atoms with van der Waals surface area (Å²) in [6.45, 7) is 4.23. The number of ketones is 1. The zero-order valence-electron chi connectivity index (χ0n) is 14.0. The van der Waals surface area contributed by atoms with Crippen molar-refractivity contribution < 1.29 is 4.79 Å². The molecule has 2 nitrogen and oxygen atoms in total. The Morgan fingerprint density at radius 3 is 2.05 bits per heavy atom. The first-order chi connectivity index (χ1) is 9.97. The van der Waals surface area contributed by atoms with E-state index in [4.69, 9.17) is 0 Å². The minimum Gasteiger partial charge on any atom is -0.297 e. The molecule has 1 saturated carbocycles. The van der Waals surface area contributed by atoms with Gasteiger partial charge in [-0.1, -0.05) is 43.9 Å². The molecule has 0 bridgehead atoms. The van der Waals surface area contributed by atoms with E-state index in [-0.39, 0.29) is 5.54 Å². The van der Waals surface area contributed by atoms with Crippen LogP contribution in [0.25, 0.3) is 0 Å². The maximum atomic E-state index is 13.1. The number of hydrogen-bond donors (Lipinski definition) is 0. The quantitative estimate of drug-likeness (QED) is 0.778. The Bertz CT molecular complexity index is 476. The first-order valence-corrected chi connectivity index (χ1v) is 8.23. The number of Topliss-reactive ketones (excluding diaryl/α,β-unsaturated/α-hetero) is 1. The van der Waals surface area contributed by atoms with Gasteiger partial charge >= 0.3 is 0 Å². The Morgan fingerprint density at radius 2 is 1.57 bits per heavy atom. The van der Waals surface area contributed by atoms with Crippen molar-refractivity contribution in [2.75, 3.05) is 14.1 Å². The zero-order valence-corrected chi connectivity index (χ0v) is 14.0. The lowest BCUT2D eigenvalue weighted by Crippen LogP contribution is -2.51. The van der Waals surface area contributed by atoms with E-state index in [2.05, 4.69) is 51.0 Å². The molecule has 0 radical (unpaired) electrons. The molecule has 0 aromatic heterocycles. The molecule has 0 heterocycles. The number of carbonyl (C=O) groups excluding carboxylic acids is 1. The van der Waals surface area contributed by atoms with E-state index < -0.39 is 0 Å². The van der Waals surface area contributed by atoms with Gasteiger partial charge < -0.3 is 0 Å². The van der Waals surface area contributed by atoms with Crippen molar-refractivity contribution >= 4 is 5.78 Å². The third-order valence-corrected chi connectivity index (χ3v) is 5.29. The van der Waals surface area contributed by atoms with Gasteiger partial charge in [-0.3, -0.25) is 9.69 Å². The van der Waals surface area contributed by atoms with Crippen molar-refractivity contribution in [2.45, 2.75) is 64.3 Å². The predicted molar refractivity (Wildman–Crippen MR) is 88.7 cm³/mol. The Balaban J connectivity index is 2.27. The van der Waals surface area contributed by atoms with E-state index in [1.807, 2.05) is 0 Å². The lowest BCUT2D eigenvalue weighted by atomic mass is 9.81. The smallest absolute Gasteiger partial charge is 0.157 e. The van der Waals surface area contributed by atoms with Crippen molar-refractivity contribution in [1.82, 2.24) is 4.90 Å². The molecule has 21 heavy (non-hydrogen) atoms. The zero-order chi connectivity index (χ0) is 15.5. The molecule has 1 aromatic rings. The van der Waals surface area contributed by atoms with Crippen molar-refractivity contribution in [2.24, 2.45) is 0 Å². The number of aryl methyl sites for hydroxylation is 2. The number of nitrogens with zero attached hydrogens (tertiary/aromatic N) is 1. The molecule has 0 aliphatic heterocycles. The Morgan fingerprint density at radius 1 is 1.05 bits per heavy atom. The van der Waals surface area contributed by atoms with Crippen LogP contribution < -0.4 is 0 Å². The molecular formula is C19H29NO. The van der Waals surface area contributed by atoms with Crippen LogP contribution in [-0.4, -0.2) is 30.3 Å². The van der Waals surface area contributed by atoms with E-state index in [1.165, 1.54) is 42.4 Å². The average molecular weight is 287 g/mol. The van der Waals surface area contributed by atoms with Crippen LogP contribution in [0.4, 0.5) is 0 Å². The van der Waals surface area contributed by atoms with Gasteiger partial charge in [0.1, 0.15) is 0 Å². The second kappa shape index (κ2) is 6.74. The normalized spacial score (nSPS) is 18.5. The van der Waals surface area contributed by atoms with E-state index in [1.54, 1.807) is 0 Å². The fourth-order valence-corrected chi connectivity index (χ4v) is 3.74. The van der Waals surface area contributed by atoms with Crippen LogP contribution in [0.1, 0.15) is 55.2 Å². The van der Waals surface area contributed by atoms with Gasteiger partial charge in [-0.05, 0) is 57.5 Å². The maximum absolute atomic E-state index is 13.1. The molecule has 0 atom stereocenters. The summed E-state index contributed by atoms with van der Waals surface area (Å²) in [5.74, 6) is 0.409. The largest absolute Gasteiger partial charge is 0.297 e. The second-order valence-corrected chi connectivity index (χ2v) is 6.81. The van der Waals surface area contributed by atoms with Crippen molar-refractivity contribution in [3.05, 3.63) is 34.9 Å². The molecule has 1 aromatic carbocycles. The molecule has 0 amide bonds. The van der Waals surface area contributed by atoms with Crippen LogP contribution in [0.3, 0.4) is 0 Å². The molecule has 116 valence electrons. The standard InChI is InChI=1S/C19H29NO/c1-15-10-9-11-16(2)17(15)14-18(21)19(20(3)4)12-7-5-6-8-13-19/h9-11H,5-8,12-14H2,1-4H3. The van der Waals surface area contributed by atoms with Crippen LogP contribution in [0, 0.1) is 13.8 Å². The second-order valence-electron chi connectivity index (χ2n) is 6.81. The molecule has 0 unspecified atom stereocenters. The predicted octanol–water partition coefficient (Wildman–Crippen LogP) is 4.07. The summed E-state index contributed by atoms with van der Waals surface area (Å²) in [6, 6.07) is 6.31. The summed E-state index contributed by atoms with van der Waals surface area (Å²) in [5, 5.41) is 0. The number of likely N-dealkylation sites (N-methyl/N-ethyl adjacent to an activating group) is 1. The van der Waals surface area contributed by atoms with Crippen molar-refractivity contribution in [1.29, 1.82) is 0 Å². The SMILES string of the molecule is Cc1cccc(C)c1CC(=O)C1(N(C)C)CCCCCC1. The lowest BCUT2D eigenvalue weighted by molar-refractivity contribution is -0.130. The van der Waals surface area contributed by atoms with E-state index in [0.717, 1.165) is 12.8 Å². The van der Waals surface area contributed by atoms with Gasteiger partial charge in [0.25, 0.3) is 0 Å². The summed E-state index contributed by atoms with van der Waals surface area (Å²) in [4.78, 5) is 15.3. The molecule has 0 N–H and O–H groups in total. The van der Waals surface area contributed by atoms with Crippen LogP contribution in [-0.2, 0) is 11.2 Å². The highest BCUT2D eigenvalue weighted by molar-refractivity contribution is 5.90. The highest BCUT2D eigenvalue weighted by atomic mass is 16.1. The molecule has 2 rings (SSSR count). The lowest BCUT2D eigenvalue weighted by Gasteiger charge is -2.38. The number of benzene rings is 1. The first-order valence-electron chi connectivity index (χ1n) is 8.23. The Labute approximate surface area is 129 Å². The van der Waals surface area contributed by atoms with Gasteiger partial charge in [0.2, 0.25) is 0 Å². The van der Waals surface area contributed by atoms with Crippen LogP contribution in [0.5, 0.6) is 0 Å². The average Bonchev–Trinajstić information content (AvgIpc) is 2.69. The Hall–Kier alpha value is -1.15. The van der Waals surface area contributed by atoms with Gasteiger partial charge in [-0.15, -0.1) is 0 Å². The van der Waals surface area contributed by atoms with Crippen molar-refractivity contribution in [3.63, 3.8) is 0 Å². The highest BCUT2D eigenvalue weighted by Crippen LogP contribution is 2.33. The highest BCUT2D eigenvalue weighted by Gasteiger charge is 2.40. The number of rotatable bonds is 4. The van der Waals surface area contributed by atoms with Crippen LogP contribution >= 0.6 is 0 Å². The molecule has 0 spiro atoms. The summed E-state index contributed by atoms with van der Waals surface area (Å²) < 4.78 is 0. The number of hydrogen-bond acceptors (Lipinski definition) is 2. The summed E-state index contributed by atoms with van der Waals surface area (Å²) in [7, 11) is 4.15. The van der Waals surface area contributed by atoms with Gasteiger partial charge in [-0.2, -0.15) is 0 Å². The molecule has 0 saturated heterocycles. The topological polar surface area (TPSA) is 20.3 Å². The molecular weight excluding hydrogens is 258 g/mol. The molecule has 1 aliphatic rings. The van der Waals surface area contributed by atoms with Gasteiger partial charge in [0.05, 0.1) is 5.54 Å². The minimum absolute atomic E-state index is 0.245. The monoisotopic (exact) mass is 287 g/mol. The minimum atomic E-state index is -0.245. The van der Waals surface area contributed by atoms with Gasteiger partial charge in [-0.25, -0.2) is 0 Å². The summed E-state index contributed by atoms with van der Waals surface area (Å²) in [6.07, 6.45) is 7.51. The third kappa shape index (κ3) is 3.37. The Kier molecular flexibility index (Phi) is 5.21. The third-order valence-electron chi connectivity index (χ3n) is 5.29. The fraction of sp³-hybridized carbons (Fsp3) is 0.632. The molecule has 2 heteroatoms. The molecule has 1 aliphatic carbocycles. The van der Waals surface area contributed by atoms with E-state index in [9.17, 15) is 4.79 Å².